The van der Waals surface area contributed by atoms with E-state index in [-0.39, 0.29) is 44.5 Å². The van der Waals surface area contributed by atoms with Gasteiger partial charge in [-0.1, -0.05) is 0 Å². The molecule has 0 spiro atoms. The van der Waals surface area contributed by atoms with Crippen molar-refractivity contribution in [1.82, 2.24) is 19.9 Å². The van der Waals surface area contributed by atoms with E-state index in [2.05, 4.69) is 19.9 Å². The van der Waals surface area contributed by atoms with Gasteiger partial charge in [0.25, 0.3) is 0 Å². The SMILES string of the molecule is Fc1cc(F)cc(C2=c3ccc([nH]3)=C(c3cc(F)cc(F)c3)c3ccc([nH]3)C(c3cc(F)cc(F)c3)=c3ccc([nH]3)=C(c3cc(F)cc(F)c3)c3ccc2[nH]3)c1. The van der Waals surface area contributed by atoms with Crippen molar-refractivity contribution < 1.29 is 35.1 Å². The van der Waals surface area contributed by atoms with E-state index < -0.39 is 46.5 Å². The molecular weight excluding hydrogens is 736 g/mol. The third kappa shape index (κ3) is 6.34. The molecule has 0 amide bonds. The second kappa shape index (κ2) is 13.3. The average Bonchev–Trinajstić information content (AvgIpc) is 3.94. The molecule has 1 aliphatic heterocycles. The van der Waals surface area contributed by atoms with Crippen LogP contribution in [0.25, 0.3) is 22.3 Å². The summed E-state index contributed by atoms with van der Waals surface area (Å²) in [5.74, 6) is -6.84. The summed E-state index contributed by atoms with van der Waals surface area (Å²) in [4.78, 5) is 13.0. The van der Waals surface area contributed by atoms with Crippen molar-refractivity contribution in [2.45, 2.75) is 0 Å². The van der Waals surface area contributed by atoms with Crippen molar-refractivity contribution in [2.24, 2.45) is 0 Å². The molecule has 9 rings (SSSR count). The largest absolute Gasteiger partial charge is 0.354 e. The van der Waals surface area contributed by atoms with Gasteiger partial charge < -0.3 is 19.9 Å². The van der Waals surface area contributed by atoms with Crippen molar-refractivity contribution in [2.75, 3.05) is 0 Å². The predicted octanol–water partition coefficient (Wildman–Crippen LogP) is 7.41. The van der Waals surface area contributed by atoms with Crippen LogP contribution in [-0.4, -0.2) is 19.9 Å². The number of H-pyrrole nitrogens is 4. The van der Waals surface area contributed by atoms with Crippen LogP contribution in [0.3, 0.4) is 0 Å². The Morgan fingerprint density at radius 1 is 0.232 bits per heavy atom. The Balaban J connectivity index is 1.46. The number of benzene rings is 4. The highest BCUT2D eigenvalue weighted by Crippen LogP contribution is 2.30. The molecule has 56 heavy (non-hydrogen) atoms. The summed E-state index contributed by atoms with van der Waals surface area (Å²) < 4.78 is 119. The monoisotopic (exact) mass is 760 g/mol. The van der Waals surface area contributed by atoms with E-state index in [1.165, 1.54) is 0 Å². The van der Waals surface area contributed by atoms with Crippen molar-refractivity contribution in [3.63, 3.8) is 0 Å². The normalized spacial score (nSPS) is 12.9. The van der Waals surface area contributed by atoms with Gasteiger partial charge in [-0.05, 0) is 119 Å². The zero-order valence-corrected chi connectivity index (χ0v) is 28.6. The van der Waals surface area contributed by atoms with Gasteiger partial charge in [0.15, 0.2) is 0 Å². The topological polar surface area (TPSA) is 63.2 Å². The number of aromatic nitrogens is 4. The summed E-state index contributed by atoms with van der Waals surface area (Å²) in [5, 5.41) is 1.31. The van der Waals surface area contributed by atoms with Crippen LogP contribution in [0.1, 0.15) is 45.0 Å². The molecule has 8 bridgehead atoms. The summed E-state index contributed by atoms with van der Waals surface area (Å²) in [6, 6.07) is 25.0. The Morgan fingerprint density at radius 2 is 0.429 bits per heavy atom. The standard InChI is InChI=1S/C44H24F8N4/c45-25-9-21(10-26(46)17-25)41-33-1-2-34(53-33)42(22-11-27(47)18-28(48)12-22)36-5-6-38(55-36)44(24-15-31(51)20-32(52)16-24)40-8-7-39(56-40)43(37-4-3-35(41)54-37)23-13-29(49)19-30(50)14-23/h1-20,53-56H. The molecule has 4 nitrogen and oxygen atoms in total. The zero-order chi connectivity index (χ0) is 38.8. The average molecular weight is 761 g/mol. The fourth-order valence-electron chi connectivity index (χ4n) is 7.36. The minimum atomic E-state index is -0.855. The zero-order valence-electron chi connectivity index (χ0n) is 28.6. The summed E-state index contributed by atoms with van der Waals surface area (Å²) in [6.07, 6.45) is 0. The second-order valence-corrected chi connectivity index (χ2v) is 13.3. The van der Waals surface area contributed by atoms with E-state index in [0.717, 1.165) is 72.8 Å². The van der Waals surface area contributed by atoms with Crippen LogP contribution in [0.2, 0.25) is 0 Å². The highest BCUT2D eigenvalue weighted by atomic mass is 19.2. The number of hydrogen-bond donors (Lipinski definition) is 4. The Kier molecular flexibility index (Phi) is 8.26. The maximum Gasteiger partial charge on any atom is 0.126 e. The van der Waals surface area contributed by atoms with E-state index in [0.29, 0.717) is 44.2 Å². The lowest BCUT2D eigenvalue weighted by atomic mass is 10.0. The molecule has 4 N–H and O–H groups in total. The van der Waals surface area contributed by atoms with Gasteiger partial charge in [-0.25, -0.2) is 35.1 Å². The molecule has 276 valence electrons. The molecule has 4 aromatic carbocycles. The van der Waals surface area contributed by atoms with E-state index >= 15 is 0 Å². The van der Waals surface area contributed by atoms with Gasteiger partial charge in [-0.2, -0.15) is 0 Å². The molecule has 0 atom stereocenters. The molecule has 1 aliphatic rings. The van der Waals surface area contributed by atoms with Crippen LogP contribution < -0.4 is 21.4 Å². The molecule has 0 radical (unpaired) electrons. The van der Waals surface area contributed by atoms with Crippen molar-refractivity contribution >= 4 is 22.3 Å². The number of aromatic amines is 4. The Hall–Kier alpha value is -7.08. The molecule has 0 saturated heterocycles. The predicted molar refractivity (Wildman–Crippen MR) is 194 cm³/mol. The lowest BCUT2D eigenvalue weighted by Crippen LogP contribution is -2.19. The van der Waals surface area contributed by atoms with Crippen molar-refractivity contribution in [1.29, 1.82) is 0 Å². The molecule has 12 heteroatoms. The Bertz CT molecular complexity index is 2650. The quantitative estimate of drug-likeness (QED) is 0.135. The van der Waals surface area contributed by atoms with Gasteiger partial charge >= 0.3 is 0 Å². The van der Waals surface area contributed by atoms with Crippen LogP contribution in [0.15, 0.2) is 121 Å². The Labute approximate surface area is 311 Å². The minimum absolute atomic E-state index is 0.119. The van der Waals surface area contributed by atoms with Gasteiger partial charge in [-0.15, -0.1) is 0 Å². The number of halogens is 8. The number of nitrogens with one attached hydrogen (secondary N) is 4. The van der Waals surface area contributed by atoms with Gasteiger partial charge in [0.2, 0.25) is 0 Å². The number of rotatable bonds is 4. The summed E-state index contributed by atoms with van der Waals surface area (Å²) >= 11 is 0. The first-order chi connectivity index (χ1) is 26.9. The summed E-state index contributed by atoms with van der Waals surface area (Å²) in [5.41, 5.74) is 2.92. The van der Waals surface area contributed by atoms with Gasteiger partial charge in [0.05, 0.1) is 0 Å². The van der Waals surface area contributed by atoms with Gasteiger partial charge in [-0.3, -0.25) is 0 Å². The fourth-order valence-corrected chi connectivity index (χ4v) is 7.36. The van der Waals surface area contributed by atoms with Crippen molar-refractivity contribution in [3.8, 4) is 0 Å². The van der Waals surface area contributed by atoms with E-state index in [9.17, 15) is 35.1 Å². The van der Waals surface area contributed by atoms with Crippen LogP contribution in [0, 0.1) is 46.5 Å². The summed E-state index contributed by atoms with van der Waals surface area (Å²) in [6.45, 7) is 0. The molecule has 4 aromatic heterocycles. The minimum Gasteiger partial charge on any atom is -0.354 e. The first-order valence-electron chi connectivity index (χ1n) is 17.1. The molecule has 0 unspecified atom stereocenters. The first kappa shape index (κ1) is 34.7. The molecular formula is C44H24F8N4. The highest BCUT2D eigenvalue weighted by Gasteiger charge is 2.20. The Morgan fingerprint density at radius 3 is 0.625 bits per heavy atom. The van der Waals surface area contributed by atoms with Crippen LogP contribution in [-0.2, 0) is 0 Å². The molecule has 0 saturated carbocycles. The number of fused-ring (bicyclic) bond motifs is 8. The molecule has 5 heterocycles. The van der Waals surface area contributed by atoms with Gasteiger partial charge in [0, 0.05) is 90.7 Å². The van der Waals surface area contributed by atoms with E-state index in [1.807, 2.05) is 0 Å². The van der Waals surface area contributed by atoms with E-state index in [1.54, 1.807) is 48.5 Å². The van der Waals surface area contributed by atoms with Crippen LogP contribution in [0.4, 0.5) is 35.1 Å². The number of hydrogen-bond acceptors (Lipinski definition) is 0. The molecule has 0 fully saturated rings. The third-order valence-electron chi connectivity index (χ3n) is 9.50. The maximum atomic E-state index is 14.8. The van der Waals surface area contributed by atoms with Crippen LogP contribution in [0.5, 0.6) is 0 Å². The second-order valence-electron chi connectivity index (χ2n) is 13.3. The fraction of sp³-hybridized carbons (Fsp3) is 0. The smallest absolute Gasteiger partial charge is 0.126 e. The maximum absolute atomic E-state index is 14.8. The van der Waals surface area contributed by atoms with E-state index in [4.69, 9.17) is 0 Å². The van der Waals surface area contributed by atoms with Crippen molar-refractivity contribution in [3.05, 3.63) is 234 Å². The highest BCUT2D eigenvalue weighted by molar-refractivity contribution is 5.84. The van der Waals surface area contributed by atoms with Gasteiger partial charge in [0.1, 0.15) is 46.5 Å². The lowest BCUT2D eigenvalue weighted by molar-refractivity contribution is 0.581. The lowest BCUT2D eigenvalue weighted by Gasteiger charge is -2.10. The van der Waals surface area contributed by atoms with Crippen LogP contribution >= 0.6 is 0 Å². The summed E-state index contributed by atoms with van der Waals surface area (Å²) in [7, 11) is 0. The molecule has 0 aliphatic carbocycles. The third-order valence-corrected chi connectivity index (χ3v) is 9.50. The molecule has 8 aromatic rings. The first-order valence-corrected chi connectivity index (χ1v) is 17.1.